The fourth-order valence-electron chi connectivity index (χ4n) is 4.62. The van der Waals surface area contributed by atoms with E-state index in [9.17, 15) is 5.11 Å². The number of fused-ring (bicyclic) bond motifs is 2. The highest BCUT2D eigenvalue weighted by atomic mass is 32.2. The van der Waals surface area contributed by atoms with E-state index in [1.54, 1.807) is 60.8 Å². The van der Waals surface area contributed by atoms with Gasteiger partial charge in [-0.25, -0.2) is 0 Å². The second-order valence-electron chi connectivity index (χ2n) is 8.79. The minimum Gasteiger partial charge on any atom is -0.496 e. The van der Waals surface area contributed by atoms with Crippen molar-refractivity contribution in [3.8, 4) is 11.5 Å². The first kappa shape index (κ1) is 29.9. The van der Waals surface area contributed by atoms with Gasteiger partial charge >= 0.3 is 0 Å². The second-order valence-corrected chi connectivity index (χ2v) is 12.6. The summed E-state index contributed by atoms with van der Waals surface area (Å²) in [5.41, 5.74) is 3.58. The van der Waals surface area contributed by atoms with Gasteiger partial charge in [0.15, 0.2) is 0 Å². The lowest BCUT2D eigenvalue weighted by Crippen LogP contribution is -2.33. The van der Waals surface area contributed by atoms with Crippen molar-refractivity contribution in [1.82, 2.24) is 0 Å². The van der Waals surface area contributed by atoms with E-state index in [0.717, 1.165) is 47.2 Å². The normalized spacial score (nSPS) is 14.7. The van der Waals surface area contributed by atoms with Crippen molar-refractivity contribution < 1.29 is 19.1 Å². The maximum atomic E-state index is 9.54. The van der Waals surface area contributed by atoms with Gasteiger partial charge in [-0.1, -0.05) is 35.3 Å². The number of thiazole rings is 1. The highest BCUT2D eigenvalue weighted by Crippen LogP contribution is 2.49. The summed E-state index contributed by atoms with van der Waals surface area (Å²) in [6, 6.07) is 8.76. The van der Waals surface area contributed by atoms with Crippen molar-refractivity contribution in [2.75, 3.05) is 44.8 Å². The monoisotopic (exact) mass is 601 g/mol. The topological polar surface area (TPSA) is 45.8 Å². The standard InChI is InChI=1S/C30H37N2O3S4/c1-7-31-21-16-23(34-3)27(36-5)18-25(21)38-29(31)13-11-20(10-9-15-33)12-14-30-32(8-2)22-17-24(35-4)28(37-6)19-26(22)39-30/h11-14,16-19,33H,7-10,15H2,1-6H3/q+1. The van der Waals surface area contributed by atoms with Gasteiger partial charge in [0.25, 0.3) is 5.01 Å². The molecule has 0 saturated heterocycles. The first-order valence-electron chi connectivity index (χ1n) is 13.0. The lowest BCUT2D eigenvalue weighted by molar-refractivity contribution is -0.665. The Kier molecular flexibility index (Phi) is 10.8. The lowest BCUT2D eigenvalue weighted by atomic mass is 10.1. The van der Waals surface area contributed by atoms with Gasteiger partial charge in [0.2, 0.25) is 5.52 Å². The molecule has 1 aliphatic heterocycles. The molecule has 0 spiro atoms. The van der Waals surface area contributed by atoms with Gasteiger partial charge in [0, 0.05) is 30.2 Å². The smallest absolute Gasteiger partial charge is 0.262 e. The third-order valence-corrected chi connectivity index (χ3v) is 10.4. The number of methoxy groups -OCH3 is 2. The van der Waals surface area contributed by atoms with Crippen LogP contribution in [0.4, 0.5) is 5.69 Å². The van der Waals surface area contributed by atoms with Crippen LogP contribution in [0, 0.1) is 0 Å². The Morgan fingerprint density at radius 1 is 1.05 bits per heavy atom. The fraction of sp³-hybridized carbons (Fsp3) is 0.367. The summed E-state index contributed by atoms with van der Waals surface area (Å²) in [5.74, 6) is 1.83. The molecule has 1 N–H and O–H groups in total. The number of allylic oxidation sites excluding steroid dienone is 4. The minimum atomic E-state index is 0.176. The average molecular weight is 602 g/mol. The maximum absolute atomic E-state index is 9.54. The fourth-order valence-corrected chi connectivity index (χ4v) is 8.23. The molecule has 0 atom stereocenters. The van der Waals surface area contributed by atoms with Crippen LogP contribution in [-0.2, 0) is 6.54 Å². The maximum Gasteiger partial charge on any atom is 0.262 e. The van der Waals surface area contributed by atoms with Crippen LogP contribution in [0.1, 0.15) is 31.7 Å². The van der Waals surface area contributed by atoms with Gasteiger partial charge < -0.3 is 19.5 Å². The summed E-state index contributed by atoms with van der Waals surface area (Å²) in [6.07, 6.45) is 14.5. The third kappa shape index (κ3) is 6.49. The molecule has 0 aliphatic carbocycles. The first-order valence-corrected chi connectivity index (χ1v) is 17.1. The molecule has 4 rings (SSSR count). The summed E-state index contributed by atoms with van der Waals surface area (Å²) in [7, 11) is 3.46. The van der Waals surface area contributed by atoms with E-state index in [0.29, 0.717) is 0 Å². The molecule has 5 nitrogen and oxygen atoms in total. The van der Waals surface area contributed by atoms with E-state index in [4.69, 9.17) is 9.47 Å². The van der Waals surface area contributed by atoms with Gasteiger partial charge in [-0.05, 0) is 63.0 Å². The number of hydrogen-bond acceptors (Lipinski definition) is 8. The predicted octanol–water partition coefficient (Wildman–Crippen LogP) is 7.86. The minimum absolute atomic E-state index is 0.176. The molecule has 9 heteroatoms. The molecule has 0 radical (unpaired) electrons. The Morgan fingerprint density at radius 3 is 2.41 bits per heavy atom. The molecule has 0 amide bonds. The molecule has 0 saturated carbocycles. The molecule has 0 bridgehead atoms. The molecule has 1 aromatic heterocycles. The van der Waals surface area contributed by atoms with Crippen LogP contribution in [0.3, 0.4) is 0 Å². The number of ether oxygens (including phenoxy) is 2. The average Bonchev–Trinajstić information content (AvgIpc) is 3.50. The number of hydrogen-bond donors (Lipinski definition) is 1. The molecule has 208 valence electrons. The van der Waals surface area contributed by atoms with Crippen molar-refractivity contribution in [1.29, 1.82) is 0 Å². The van der Waals surface area contributed by atoms with E-state index in [1.165, 1.54) is 36.4 Å². The zero-order valence-corrected chi connectivity index (χ0v) is 26.7. The number of rotatable bonds is 12. The number of nitrogens with zero attached hydrogens (tertiary/aromatic N) is 2. The number of aryl methyl sites for hydroxylation is 1. The first-order chi connectivity index (χ1) is 19.0. The van der Waals surface area contributed by atoms with Crippen molar-refractivity contribution >= 4 is 68.6 Å². The van der Waals surface area contributed by atoms with E-state index < -0.39 is 0 Å². The molecule has 2 heterocycles. The molecular formula is C30H37N2O3S4+. The Morgan fingerprint density at radius 2 is 1.77 bits per heavy atom. The molecule has 3 aromatic rings. The zero-order chi connectivity index (χ0) is 27.9. The van der Waals surface area contributed by atoms with Gasteiger partial charge in [-0.2, -0.15) is 4.57 Å². The van der Waals surface area contributed by atoms with Crippen LogP contribution >= 0.6 is 46.6 Å². The van der Waals surface area contributed by atoms with E-state index in [2.05, 4.69) is 84.4 Å². The van der Waals surface area contributed by atoms with Crippen LogP contribution in [0.15, 0.2) is 67.8 Å². The van der Waals surface area contributed by atoms with Crippen molar-refractivity contribution in [3.05, 3.63) is 58.1 Å². The van der Waals surface area contributed by atoms with E-state index in [-0.39, 0.29) is 6.61 Å². The van der Waals surface area contributed by atoms with E-state index in [1.807, 2.05) is 0 Å². The van der Waals surface area contributed by atoms with Crippen LogP contribution in [0.5, 0.6) is 11.5 Å². The van der Waals surface area contributed by atoms with E-state index >= 15 is 0 Å². The Hall–Kier alpha value is -2.04. The van der Waals surface area contributed by atoms with Gasteiger partial charge in [0.05, 0.1) is 40.8 Å². The number of aliphatic hydroxyl groups is 1. The quantitative estimate of drug-likeness (QED) is 0.129. The summed E-state index contributed by atoms with van der Waals surface area (Å²) >= 11 is 7.01. The largest absolute Gasteiger partial charge is 0.496 e. The number of benzene rings is 2. The number of aliphatic hydroxyl groups excluding tert-OH is 1. The predicted molar refractivity (Wildman–Crippen MR) is 171 cm³/mol. The van der Waals surface area contributed by atoms with Crippen LogP contribution < -0.4 is 18.9 Å². The Balaban J connectivity index is 1.67. The summed E-state index contributed by atoms with van der Waals surface area (Å²) in [5, 5.41) is 11.9. The zero-order valence-electron chi connectivity index (χ0n) is 23.4. The summed E-state index contributed by atoms with van der Waals surface area (Å²) in [6.45, 7) is 6.29. The van der Waals surface area contributed by atoms with Crippen molar-refractivity contribution in [2.24, 2.45) is 0 Å². The van der Waals surface area contributed by atoms with Crippen LogP contribution in [0.2, 0.25) is 0 Å². The molecule has 39 heavy (non-hydrogen) atoms. The molecule has 0 fully saturated rings. The number of aromatic nitrogens is 1. The van der Waals surface area contributed by atoms with Crippen LogP contribution in [0.25, 0.3) is 16.3 Å². The summed E-state index contributed by atoms with van der Waals surface area (Å²) in [4.78, 5) is 5.89. The van der Waals surface area contributed by atoms with Crippen molar-refractivity contribution in [2.45, 2.75) is 47.9 Å². The lowest BCUT2D eigenvalue weighted by Gasteiger charge is -2.19. The third-order valence-electron chi connectivity index (χ3n) is 6.61. The highest BCUT2D eigenvalue weighted by molar-refractivity contribution is 8.03. The summed E-state index contributed by atoms with van der Waals surface area (Å²) < 4.78 is 14.9. The second kappa shape index (κ2) is 14.0. The molecular weight excluding hydrogens is 565 g/mol. The SMILES string of the molecule is CCN1C(=CC=C(C=Cc2sc3cc(SC)c(OC)cc3[n+]2CC)CCCO)Sc2cc(SC)c(OC)cc21. The van der Waals surface area contributed by atoms with Crippen LogP contribution in [-0.4, -0.2) is 45.0 Å². The van der Waals surface area contributed by atoms with Gasteiger partial charge in [-0.15, -0.1) is 23.5 Å². The molecule has 2 aromatic carbocycles. The molecule has 0 unspecified atom stereocenters. The highest BCUT2D eigenvalue weighted by Gasteiger charge is 2.26. The Bertz CT molecular complexity index is 1410. The molecule has 1 aliphatic rings. The van der Waals surface area contributed by atoms with Gasteiger partial charge in [0.1, 0.15) is 22.7 Å². The number of anilines is 1. The number of thioether (sulfide) groups is 3. The van der Waals surface area contributed by atoms with Crippen molar-refractivity contribution in [3.63, 3.8) is 0 Å². The van der Waals surface area contributed by atoms with Gasteiger partial charge in [-0.3, -0.25) is 0 Å². The Labute approximate surface area is 249 Å².